The molecule has 0 unspecified atom stereocenters. The fourth-order valence-electron chi connectivity index (χ4n) is 1.22. The molecular weight excluding hydrogens is 268 g/mol. The Kier molecular flexibility index (Phi) is 5.87. The number of hydrogen-bond donors (Lipinski definition) is 2. The van der Waals surface area contributed by atoms with E-state index >= 15 is 0 Å². The molecule has 0 aliphatic rings. The van der Waals surface area contributed by atoms with Crippen molar-refractivity contribution in [1.82, 2.24) is 10.9 Å². The first-order chi connectivity index (χ1) is 9.04. The maximum Gasteiger partial charge on any atom is 0.339 e. The normalized spacial score (nSPS) is 9.58. The molecule has 2 N–H and O–H groups in total. The van der Waals surface area contributed by atoms with Gasteiger partial charge in [-0.1, -0.05) is 12.1 Å². The maximum absolute atomic E-state index is 11.8. The van der Waals surface area contributed by atoms with Gasteiger partial charge in [-0.25, -0.2) is 4.79 Å². The van der Waals surface area contributed by atoms with Crippen LogP contribution in [-0.4, -0.2) is 30.6 Å². The van der Waals surface area contributed by atoms with Gasteiger partial charge in [0.05, 0.1) is 5.56 Å². The zero-order valence-electron chi connectivity index (χ0n) is 10.6. The molecule has 0 saturated carbocycles. The van der Waals surface area contributed by atoms with Crippen molar-refractivity contribution in [3.8, 4) is 0 Å². The summed E-state index contributed by atoms with van der Waals surface area (Å²) < 4.78 is 4.85. The number of hydrazine groups is 1. The van der Waals surface area contributed by atoms with Crippen LogP contribution >= 0.6 is 11.8 Å². The topological polar surface area (TPSA) is 84.5 Å². The van der Waals surface area contributed by atoms with Gasteiger partial charge < -0.3 is 4.74 Å². The van der Waals surface area contributed by atoms with Crippen LogP contribution in [0, 0.1) is 0 Å². The molecule has 0 atom stereocenters. The van der Waals surface area contributed by atoms with Crippen LogP contribution in [0.5, 0.6) is 0 Å². The molecule has 6 nitrogen and oxygen atoms in total. The minimum absolute atomic E-state index is 0.405. The third-order valence-corrected chi connectivity index (χ3v) is 2.84. The van der Waals surface area contributed by atoms with E-state index in [9.17, 15) is 14.4 Å². The second kappa shape index (κ2) is 7.42. The number of nitrogens with one attached hydrogen (secondary N) is 2. The van der Waals surface area contributed by atoms with Crippen LogP contribution in [0.2, 0.25) is 0 Å². The Labute approximate surface area is 114 Å². The summed E-state index contributed by atoms with van der Waals surface area (Å²) in [7, 11) is 0. The van der Waals surface area contributed by atoms with Crippen LogP contribution in [0.4, 0.5) is 0 Å². The first-order valence-corrected chi connectivity index (χ1v) is 6.62. The van der Waals surface area contributed by atoms with Gasteiger partial charge in [0.25, 0.3) is 5.91 Å². The van der Waals surface area contributed by atoms with Gasteiger partial charge in [-0.3, -0.25) is 20.4 Å². The second-order valence-electron chi connectivity index (χ2n) is 3.51. The fourth-order valence-corrected chi connectivity index (χ4v) is 1.80. The minimum Gasteiger partial charge on any atom is -0.452 e. The van der Waals surface area contributed by atoms with Crippen LogP contribution < -0.4 is 10.9 Å². The van der Waals surface area contributed by atoms with Gasteiger partial charge in [0.15, 0.2) is 6.61 Å². The van der Waals surface area contributed by atoms with E-state index in [1.54, 1.807) is 18.2 Å². The smallest absolute Gasteiger partial charge is 0.339 e. The number of esters is 1. The Balaban J connectivity index is 2.51. The highest BCUT2D eigenvalue weighted by atomic mass is 32.2. The Hall–Kier alpha value is -2.02. The van der Waals surface area contributed by atoms with E-state index in [4.69, 9.17) is 4.74 Å². The van der Waals surface area contributed by atoms with Gasteiger partial charge in [0.1, 0.15) is 0 Å². The second-order valence-corrected chi connectivity index (χ2v) is 4.35. The van der Waals surface area contributed by atoms with Crippen LogP contribution in [0.3, 0.4) is 0 Å². The highest BCUT2D eigenvalue weighted by Crippen LogP contribution is 2.20. The van der Waals surface area contributed by atoms with Gasteiger partial charge in [-0.15, -0.1) is 11.8 Å². The summed E-state index contributed by atoms with van der Waals surface area (Å²) in [5, 5.41) is 0. The molecule has 0 saturated heterocycles. The lowest BCUT2D eigenvalue weighted by Gasteiger charge is -2.08. The Morgan fingerprint density at radius 1 is 1.21 bits per heavy atom. The van der Waals surface area contributed by atoms with E-state index in [1.165, 1.54) is 18.7 Å². The number of ether oxygens (including phenoxy) is 1. The Morgan fingerprint density at radius 3 is 2.53 bits per heavy atom. The lowest BCUT2D eigenvalue weighted by Crippen LogP contribution is -2.42. The molecule has 1 rings (SSSR count). The highest BCUT2D eigenvalue weighted by molar-refractivity contribution is 7.98. The van der Waals surface area contributed by atoms with Crippen molar-refractivity contribution in [2.75, 3.05) is 12.9 Å². The lowest BCUT2D eigenvalue weighted by atomic mass is 10.2. The molecule has 0 bridgehead atoms. The summed E-state index contributed by atoms with van der Waals surface area (Å²) in [6.07, 6.45) is 1.84. The molecule has 0 aromatic heterocycles. The molecule has 2 amide bonds. The third kappa shape index (κ3) is 5.01. The summed E-state index contributed by atoms with van der Waals surface area (Å²) in [5.41, 5.74) is 4.60. The summed E-state index contributed by atoms with van der Waals surface area (Å²) in [6, 6.07) is 6.94. The van der Waals surface area contributed by atoms with Crippen molar-refractivity contribution in [3.05, 3.63) is 29.8 Å². The molecule has 0 aliphatic carbocycles. The van der Waals surface area contributed by atoms with Gasteiger partial charge in [-0.05, 0) is 18.4 Å². The van der Waals surface area contributed by atoms with Crippen molar-refractivity contribution in [2.24, 2.45) is 0 Å². The highest BCUT2D eigenvalue weighted by Gasteiger charge is 2.13. The molecule has 102 valence electrons. The fraction of sp³-hybridized carbons (Fsp3) is 0.250. The number of carbonyl (C=O) groups excluding carboxylic acids is 3. The molecule has 0 spiro atoms. The standard InChI is InChI=1S/C12H14N2O4S/c1-8(15)13-14-11(16)7-18-12(17)9-5-3-4-6-10(9)19-2/h3-6H,7H2,1-2H3,(H,13,15)(H,14,16). The Morgan fingerprint density at radius 2 is 1.89 bits per heavy atom. The Bertz CT molecular complexity index is 490. The quantitative estimate of drug-likeness (QED) is 0.483. The monoisotopic (exact) mass is 282 g/mol. The van der Waals surface area contributed by atoms with Gasteiger partial charge in [0.2, 0.25) is 5.91 Å². The van der Waals surface area contributed by atoms with Crippen molar-refractivity contribution in [2.45, 2.75) is 11.8 Å². The SMILES string of the molecule is CSc1ccccc1C(=O)OCC(=O)NNC(C)=O. The summed E-state index contributed by atoms with van der Waals surface area (Å²) >= 11 is 1.41. The van der Waals surface area contributed by atoms with E-state index in [0.29, 0.717) is 5.56 Å². The summed E-state index contributed by atoms with van der Waals surface area (Å²) in [5.74, 6) is -1.60. The van der Waals surface area contributed by atoms with Gasteiger partial charge >= 0.3 is 5.97 Å². The van der Waals surface area contributed by atoms with Gasteiger partial charge in [-0.2, -0.15) is 0 Å². The zero-order chi connectivity index (χ0) is 14.3. The number of rotatable bonds is 4. The van der Waals surface area contributed by atoms with Crippen molar-refractivity contribution >= 4 is 29.5 Å². The maximum atomic E-state index is 11.8. The lowest BCUT2D eigenvalue weighted by molar-refractivity contribution is -0.129. The average molecular weight is 282 g/mol. The van der Waals surface area contributed by atoms with Crippen LogP contribution in [0.25, 0.3) is 0 Å². The van der Waals surface area contributed by atoms with E-state index in [2.05, 4.69) is 10.9 Å². The van der Waals surface area contributed by atoms with Crippen LogP contribution in [-0.2, 0) is 14.3 Å². The first kappa shape index (κ1) is 15.0. The molecule has 7 heteroatoms. The molecule has 19 heavy (non-hydrogen) atoms. The van der Waals surface area contributed by atoms with Crippen molar-refractivity contribution < 1.29 is 19.1 Å². The largest absolute Gasteiger partial charge is 0.452 e. The molecule has 0 heterocycles. The number of thioether (sulfide) groups is 1. The first-order valence-electron chi connectivity index (χ1n) is 5.40. The number of amides is 2. The molecule has 0 radical (unpaired) electrons. The van der Waals surface area contributed by atoms with Crippen molar-refractivity contribution in [3.63, 3.8) is 0 Å². The van der Waals surface area contributed by atoms with E-state index in [-0.39, 0.29) is 0 Å². The number of hydrogen-bond acceptors (Lipinski definition) is 5. The molecule has 1 aromatic carbocycles. The average Bonchev–Trinajstić information content (AvgIpc) is 2.42. The predicted octanol–water partition coefficient (Wildman–Crippen LogP) is 0.733. The number of carbonyl (C=O) groups is 3. The van der Waals surface area contributed by atoms with E-state index in [1.807, 2.05) is 12.3 Å². The molecular formula is C12H14N2O4S. The van der Waals surface area contributed by atoms with E-state index < -0.39 is 24.4 Å². The van der Waals surface area contributed by atoms with E-state index in [0.717, 1.165) is 4.90 Å². The third-order valence-electron chi connectivity index (χ3n) is 2.04. The van der Waals surface area contributed by atoms with Crippen LogP contribution in [0.1, 0.15) is 17.3 Å². The molecule has 1 aromatic rings. The number of benzene rings is 1. The van der Waals surface area contributed by atoms with Gasteiger partial charge in [0, 0.05) is 11.8 Å². The summed E-state index contributed by atoms with van der Waals surface area (Å²) in [6.45, 7) is 0.794. The van der Waals surface area contributed by atoms with Crippen LogP contribution in [0.15, 0.2) is 29.2 Å². The predicted molar refractivity (Wildman–Crippen MR) is 70.5 cm³/mol. The minimum atomic E-state index is -0.606. The molecule has 0 fully saturated rings. The zero-order valence-corrected chi connectivity index (χ0v) is 11.4. The van der Waals surface area contributed by atoms with Crippen molar-refractivity contribution in [1.29, 1.82) is 0 Å². The molecule has 0 aliphatic heterocycles. The summed E-state index contributed by atoms with van der Waals surface area (Å²) in [4.78, 5) is 34.3.